The minimum atomic E-state index is -0.605. The predicted octanol–water partition coefficient (Wildman–Crippen LogP) is 2.31. The zero-order valence-electron chi connectivity index (χ0n) is 13.6. The standard InChI is InChI=1S/C14H23N3O.C2H6/c1-12-5-6-13(9-15-12)17-8-4-7-14(18,11-17)10-16(2)3;1-2/h5-6,9,18H,4,7-8,10-11H2,1-3H3;1-2H3. The summed E-state index contributed by atoms with van der Waals surface area (Å²) < 4.78 is 0. The molecule has 0 amide bonds. The molecule has 20 heavy (non-hydrogen) atoms. The Hall–Kier alpha value is -1.13. The summed E-state index contributed by atoms with van der Waals surface area (Å²) in [5, 5.41) is 10.6. The molecule has 0 saturated carbocycles. The second kappa shape index (κ2) is 7.60. The van der Waals surface area contributed by atoms with E-state index in [0.29, 0.717) is 13.1 Å². The SMILES string of the molecule is CC.Cc1ccc(N2CCCC(O)(CN(C)C)C2)cn1. The first-order valence-corrected chi connectivity index (χ1v) is 7.53. The fourth-order valence-electron chi connectivity index (χ4n) is 2.70. The van der Waals surface area contributed by atoms with Crippen molar-refractivity contribution >= 4 is 5.69 Å². The van der Waals surface area contributed by atoms with Crippen LogP contribution in [0.3, 0.4) is 0 Å². The number of nitrogens with zero attached hydrogens (tertiary/aromatic N) is 3. The number of rotatable bonds is 3. The van der Waals surface area contributed by atoms with Gasteiger partial charge in [-0.15, -0.1) is 0 Å². The Kier molecular flexibility index (Phi) is 6.43. The van der Waals surface area contributed by atoms with Gasteiger partial charge in [0.05, 0.1) is 17.5 Å². The second-order valence-electron chi connectivity index (χ2n) is 5.65. The van der Waals surface area contributed by atoms with E-state index in [1.165, 1.54) is 0 Å². The third-order valence-corrected chi connectivity index (χ3v) is 3.43. The zero-order chi connectivity index (χ0) is 15.2. The van der Waals surface area contributed by atoms with Crippen molar-refractivity contribution in [3.05, 3.63) is 24.0 Å². The van der Waals surface area contributed by atoms with Crippen LogP contribution in [0.4, 0.5) is 5.69 Å². The van der Waals surface area contributed by atoms with Gasteiger partial charge >= 0.3 is 0 Å². The molecule has 1 aliphatic heterocycles. The van der Waals surface area contributed by atoms with Gasteiger partial charge in [0.1, 0.15) is 0 Å². The van der Waals surface area contributed by atoms with E-state index in [0.717, 1.165) is 30.8 Å². The Morgan fingerprint density at radius 2 is 2.05 bits per heavy atom. The average Bonchev–Trinajstić information content (AvgIpc) is 2.40. The lowest BCUT2D eigenvalue weighted by molar-refractivity contribution is 0.00369. The van der Waals surface area contributed by atoms with Crippen LogP contribution in [0.2, 0.25) is 0 Å². The Labute approximate surface area is 123 Å². The second-order valence-corrected chi connectivity index (χ2v) is 5.65. The lowest BCUT2D eigenvalue weighted by Crippen LogP contribution is -2.53. The van der Waals surface area contributed by atoms with E-state index < -0.39 is 5.60 Å². The Bertz CT molecular complexity index is 391. The first kappa shape index (κ1) is 16.9. The summed E-state index contributed by atoms with van der Waals surface area (Å²) in [6.07, 6.45) is 3.80. The summed E-state index contributed by atoms with van der Waals surface area (Å²) in [7, 11) is 4.01. The van der Waals surface area contributed by atoms with Crippen molar-refractivity contribution in [1.29, 1.82) is 0 Å². The molecule has 1 aromatic rings. The quantitative estimate of drug-likeness (QED) is 0.921. The summed E-state index contributed by atoms with van der Waals surface area (Å²) in [5.74, 6) is 0. The number of β-amino-alcohol motifs (C(OH)–C–C–N with tert-alkyl or cyclic N) is 1. The van der Waals surface area contributed by atoms with E-state index in [4.69, 9.17) is 0 Å². The van der Waals surface area contributed by atoms with Crippen LogP contribution < -0.4 is 4.90 Å². The highest BCUT2D eigenvalue weighted by atomic mass is 16.3. The van der Waals surface area contributed by atoms with Gasteiger partial charge in [0.2, 0.25) is 0 Å². The van der Waals surface area contributed by atoms with Crippen molar-refractivity contribution in [3.63, 3.8) is 0 Å². The highest BCUT2D eigenvalue weighted by Crippen LogP contribution is 2.26. The fourth-order valence-corrected chi connectivity index (χ4v) is 2.70. The van der Waals surface area contributed by atoms with E-state index in [9.17, 15) is 5.11 Å². The summed E-state index contributed by atoms with van der Waals surface area (Å²) >= 11 is 0. The van der Waals surface area contributed by atoms with Crippen molar-refractivity contribution in [1.82, 2.24) is 9.88 Å². The summed E-state index contributed by atoms with van der Waals surface area (Å²) in [5.41, 5.74) is 1.53. The molecule has 1 aromatic heterocycles. The summed E-state index contributed by atoms with van der Waals surface area (Å²) in [4.78, 5) is 8.62. The van der Waals surface area contributed by atoms with Crippen molar-refractivity contribution in [2.45, 2.75) is 39.2 Å². The maximum absolute atomic E-state index is 10.6. The first-order chi connectivity index (χ1) is 9.48. The van der Waals surface area contributed by atoms with Gasteiger partial charge < -0.3 is 14.9 Å². The molecule has 2 heterocycles. The van der Waals surface area contributed by atoms with Crippen LogP contribution in [0.15, 0.2) is 18.3 Å². The molecule has 0 spiro atoms. The lowest BCUT2D eigenvalue weighted by Gasteiger charge is -2.41. The predicted molar refractivity (Wildman–Crippen MR) is 85.3 cm³/mol. The first-order valence-electron chi connectivity index (χ1n) is 7.53. The number of aryl methyl sites for hydroxylation is 1. The maximum Gasteiger partial charge on any atom is 0.0948 e. The van der Waals surface area contributed by atoms with Crippen LogP contribution in [-0.2, 0) is 0 Å². The number of piperidine rings is 1. The van der Waals surface area contributed by atoms with Gasteiger partial charge in [0, 0.05) is 25.3 Å². The normalized spacial score (nSPS) is 22.4. The maximum atomic E-state index is 10.6. The molecule has 0 bridgehead atoms. The molecule has 1 unspecified atom stereocenters. The molecule has 1 N–H and O–H groups in total. The largest absolute Gasteiger partial charge is 0.387 e. The molecule has 0 aromatic carbocycles. The highest BCUT2D eigenvalue weighted by molar-refractivity contribution is 5.45. The van der Waals surface area contributed by atoms with Crippen molar-refractivity contribution in [2.24, 2.45) is 0 Å². The zero-order valence-corrected chi connectivity index (χ0v) is 13.6. The Morgan fingerprint density at radius 3 is 2.60 bits per heavy atom. The van der Waals surface area contributed by atoms with E-state index in [-0.39, 0.29) is 0 Å². The number of pyridine rings is 1. The van der Waals surface area contributed by atoms with Gasteiger partial charge in [-0.2, -0.15) is 0 Å². The van der Waals surface area contributed by atoms with Gasteiger partial charge in [-0.3, -0.25) is 4.98 Å². The van der Waals surface area contributed by atoms with Crippen LogP contribution in [-0.4, -0.2) is 54.3 Å². The third kappa shape index (κ3) is 4.76. The number of hydrogen-bond donors (Lipinski definition) is 1. The Balaban J connectivity index is 0.000000956. The van der Waals surface area contributed by atoms with Gasteiger partial charge in [0.15, 0.2) is 0 Å². The molecule has 1 aliphatic rings. The number of aromatic nitrogens is 1. The van der Waals surface area contributed by atoms with Gasteiger partial charge in [-0.05, 0) is 46.0 Å². The van der Waals surface area contributed by atoms with Crippen LogP contribution in [0.5, 0.6) is 0 Å². The van der Waals surface area contributed by atoms with Gasteiger partial charge in [-0.1, -0.05) is 13.8 Å². The average molecular weight is 279 g/mol. The van der Waals surface area contributed by atoms with Crippen molar-refractivity contribution in [3.8, 4) is 0 Å². The molecule has 4 heteroatoms. The number of likely N-dealkylation sites (N-methyl/N-ethyl adjacent to an activating group) is 1. The number of anilines is 1. The number of aliphatic hydroxyl groups is 1. The molecule has 114 valence electrons. The van der Waals surface area contributed by atoms with E-state index in [1.807, 2.05) is 47.1 Å². The monoisotopic (exact) mass is 279 g/mol. The minimum absolute atomic E-state index is 0.605. The lowest BCUT2D eigenvalue weighted by atomic mass is 9.92. The number of hydrogen-bond acceptors (Lipinski definition) is 4. The van der Waals surface area contributed by atoms with Crippen LogP contribution in [0.25, 0.3) is 0 Å². The van der Waals surface area contributed by atoms with Gasteiger partial charge in [0.25, 0.3) is 0 Å². The Morgan fingerprint density at radius 1 is 1.35 bits per heavy atom. The molecule has 2 rings (SSSR count). The molecule has 4 nitrogen and oxygen atoms in total. The smallest absolute Gasteiger partial charge is 0.0948 e. The highest BCUT2D eigenvalue weighted by Gasteiger charge is 2.33. The van der Waals surface area contributed by atoms with Gasteiger partial charge in [-0.25, -0.2) is 0 Å². The molecular formula is C16H29N3O. The van der Waals surface area contributed by atoms with Crippen molar-refractivity contribution < 1.29 is 5.11 Å². The van der Waals surface area contributed by atoms with Crippen LogP contribution in [0, 0.1) is 6.92 Å². The van der Waals surface area contributed by atoms with E-state index in [1.54, 1.807) is 0 Å². The molecule has 1 saturated heterocycles. The summed E-state index contributed by atoms with van der Waals surface area (Å²) in [6, 6.07) is 4.11. The molecule has 1 fully saturated rings. The summed E-state index contributed by atoms with van der Waals surface area (Å²) in [6.45, 7) is 8.39. The minimum Gasteiger partial charge on any atom is -0.387 e. The molecular weight excluding hydrogens is 250 g/mol. The van der Waals surface area contributed by atoms with E-state index >= 15 is 0 Å². The van der Waals surface area contributed by atoms with Crippen LogP contribution in [0.1, 0.15) is 32.4 Å². The topological polar surface area (TPSA) is 39.6 Å². The molecule has 1 atom stereocenters. The van der Waals surface area contributed by atoms with E-state index in [2.05, 4.69) is 20.9 Å². The van der Waals surface area contributed by atoms with Crippen LogP contribution >= 0.6 is 0 Å². The fraction of sp³-hybridized carbons (Fsp3) is 0.688. The molecule has 0 aliphatic carbocycles. The third-order valence-electron chi connectivity index (χ3n) is 3.43. The molecule has 0 radical (unpaired) electrons. The van der Waals surface area contributed by atoms with Crippen molar-refractivity contribution in [2.75, 3.05) is 38.6 Å².